The number of aliphatic hydroxyl groups excluding tert-OH is 2. The average molecular weight is 671 g/mol. The zero-order chi connectivity index (χ0) is 31.9. The lowest BCUT2D eigenvalue weighted by Crippen LogP contribution is -2.78. The number of aromatic amines is 1. The van der Waals surface area contributed by atoms with Crippen molar-refractivity contribution in [3.63, 3.8) is 0 Å². The van der Waals surface area contributed by atoms with E-state index in [0.29, 0.717) is 34.6 Å². The minimum atomic E-state index is -4.00. The Labute approximate surface area is 273 Å². The maximum absolute atomic E-state index is 13.5. The van der Waals surface area contributed by atoms with E-state index in [1.807, 2.05) is 29.6 Å². The van der Waals surface area contributed by atoms with Gasteiger partial charge < -0.3 is 24.8 Å². The summed E-state index contributed by atoms with van der Waals surface area (Å²) in [5.41, 5.74) is 2.49. The predicted molar refractivity (Wildman–Crippen MR) is 183 cm³/mol. The Morgan fingerprint density at radius 1 is 1.16 bits per heavy atom. The zero-order valence-corrected chi connectivity index (χ0v) is 27.9. The fourth-order valence-electron chi connectivity index (χ4n) is 5.17. The molecule has 1 saturated heterocycles. The van der Waals surface area contributed by atoms with Crippen LogP contribution >= 0.6 is 23.5 Å². The van der Waals surface area contributed by atoms with E-state index in [1.165, 1.54) is 24.9 Å². The van der Waals surface area contributed by atoms with Crippen LogP contribution in [0.4, 0.5) is 5.69 Å². The summed E-state index contributed by atoms with van der Waals surface area (Å²) in [6, 6.07) is 20.2. The molecule has 0 saturated carbocycles. The van der Waals surface area contributed by atoms with Crippen molar-refractivity contribution in [2.45, 2.75) is 22.4 Å². The van der Waals surface area contributed by atoms with E-state index < -0.39 is 10.0 Å². The SMILES string of the molecule is CN(c1cc(OCCO)cc2cc(C(O)=[NH+]C[C@](C)(CN3CCSCC3)SCc3ccccc3)[nH]c12)S(=O)(=O)c1ccccn1. The highest BCUT2D eigenvalue weighted by Gasteiger charge is 2.32. The quantitative estimate of drug-likeness (QED) is 0.118. The Morgan fingerprint density at radius 3 is 2.62 bits per heavy atom. The van der Waals surface area contributed by atoms with Gasteiger partial charge in [-0.05, 0) is 36.8 Å². The molecule has 0 spiro atoms. The van der Waals surface area contributed by atoms with Gasteiger partial charge in [0.05, 0.1) is 22.6 Å². The van der Waals surface area contributed by atoms with Crippen LogP contribution in [0.15, 0.2) is 78.0 Å². The monoisotopic (exact) mass is 670 g/mol. The van der Waals surface area contributed by atoms with Gasteiger partial charge in [-0.15, -0.1) is 11.8 Å². The number of nitrogens with one attached hydrogen (secondary N) is 2. The molecule has 1 atom stereocenters. The molecule has 0 amide bonds. The molecule has 4 aromatic rings. The maximum Gasteiger partial charge on any atom is 0.382 e. The van der Waals surface area contributed by atoms with Gasteiger partial charge in [0.15, 0.2) is 17.3 Å². The van der Waals surface area contributed by atoms with E-state index in [9.17, 15) is 18.6 Å². The van der Waals surface area contributed by atoms with Crippen LogP contribution < -0.4 is 14.0 Å². The summed E-state index contributed by atoms with van der Waals surface area (Å²) in [7, 11) is -2.55. The topological polar surface area (TPSA) is 133 Å². The Balaban J connectivity index is 1.45. The number of hydrogen-bond donors (Lipinski definition) is 4. The summed E-state index contributed by atoms with van der Waals surface area (Å²) in [5, 5.41) is 21.2. The number of nitrogens with zero attached hydrogens (tertiary/aromatic N) is 3. The highest BCUT2D eigenvalue weighted by atomic mass is 32.2. The Morgan fingerprint density at radius 2 is 1.91 bits per heavy atom. The van der Waals surface area contributed by atoms with Crippen LogP contribution in [-0.4, -0.2) is 102 Å². The fourth-order valence-corrected chi connectivity index (χ4v) is 8.44. The minimum absolute atomic E-state index is 0.0362. The molecule has 240 valence electrons. The highest BCUT2D eigenvalue weighted by molar-refractivity contribution is 8.00. The lowest BCUT2D eigenvalue weighted by molar-refractivity contribution is -0.470. The number of H-pyrrole nitrogens is 1. The van der Waals surface area contributed by atoms with Gasteiger partial charge in [0.25, 0.3) is 10.0 Å². The number of benzene rings is 2. The van der Waals surface area contributed by atoms with Crippen molar-refractivity contribution < 1.29 is 28.4 Å². The van der Waals surface area contributed by atoms with Crippen LogP contribution in [-0.2, 0) is 15.8 Å². The van der Waals surface area contributed by atoms with Gasteiger partial charge in [-0.25, -0.2) is 9.98 Å². The van der Waals surface area contributed by atoms with Crippen molar-refractivity contribution in [1.82, 2.24) is 14.9 Å². The maximum atomic E-state index is 13.5. The number of fused-ring (bicyclic) bond motifs is 1. The van der Waals surface area contributed by atoms with Crippen LogP contribution in [0, 0.1) is 0 Å². The molecule has 3 heterocycles. The standard InChI is InChI=1S/C32H39N5O5S3/c1-32(23-37-12-16-43-17-13-37,44-21-24-8-4-3-5-9-24)22-34-31(39)27-19-25-18-26(42-15-14-38)20-28(30(25)35-27)36(2)45(40,41)29-10-6-7-11-33-29/h3-11,18-20,35,38H,12-17,21-23H2,1-2H3,(H,34,39)/p+1/t32-/m1/s1. The molecule has 0 aliphatic carbocycles. The molecular formula is C32H40N5O5S3+. The van der Waals surface area contributed by atoms with Crippen molar-refractivity contribution in [1.29, 1.82) is 0 Å². The number of hydrogen-bond acceptors (Lipinski definition) is 8. The first-order valence-corrected chi connectivity index (χ1v) is 18.4. The van der Waals surface area contributed by atoms with Crippen LogP contribution in [0.5, 0.6) is 5.75 Å². The number of sulfonamides is 1. The van der Waals surface area contributed by atoms with Gasteiger partial charge in [-0.1, -0.05) is 36.4 Å². The molecule has 0 bridgehead atoms. The van der Waals surface area contributed by atoms with Gasteiger partial charge in [0, 0.05) is 61.6 Å². The number of aliphatic hydroxyl groups is 2. The molecule has 45 heavy (non-hydrogen) atoms. The number of ether oxygens (including phenoxy) is 1. The summed E-state index contributed by atoms with van der Waals surface area (Å²) >= 11 is 3.85. The number of thioether (sulfide) groups is 2. The van der Waals surface area contributed by atoms with Gasteiger partial charge >= 0.3 is 5.90 Å². The molecule has 10 nitrogen and oxygen atoms in total. The third kappa shape index (κ3) is 8.33. The molecular weight excluding hydrogens is 631 g/mol. The second-order valence-electron chi connectivity index (χ2n) is 11.1. The lowest BCUT2D eigenvalue weighted by Gasteiger charge is -2.34. The number of rotatable bonds is 14. The van der Waals surface area contributed by atoms with Gasteiger partial charge in [-0.2, -0.15) is 20.2 Å². The van der Waals surface area contributed by atoms with Crippen molar-refractivity contribution in [3.05, 3.63) is 84.2 Å². The molecule has 2 aromatic heterocycles. The number of aromatic nitrogens is 2. The van der Waals surface area contributed by atoms with Crippen molar-refractivity contribution in [2.75, 3.05) is 62.3 Å². The second kappa shape index (κ2) is 14.9. The number of anilines is 1. The van der Waals surface area contributed by atoms with Crippen molar-refractivity contribution in [2.24, 2.45) is 0 Å². The van der Waals surface area contributed by atoms with E-state index in [2.05, 4.69) is 51.0 Å². The molecule has 0 unspecified atom stereocenters. The Bertz CT molecular complexity index is 1700. The fraction of sp³-hybridized carbons (Fsp3) is 0.375. The molecule has 1 aliphatic rings. The summed E-state index contributed by atoms with van der Waals surface area (Å²) < 4.78 is 33.6. The van der Waals surface area contributed by atoms with E-state index in [4.69, 9.17) is 4.74 Å². The average Bonchev–Trinajstić information content (AvgIpc) is 3.50. The van der Waals surface area contributed by atoms with Gasteiger partial charge in [-0.3, -0.25) is 4.31 Å². The van der Waals surface area contributed by atoms with Crippen LogP contribution in [0.2, 0.25) is 0 Å². The van der Waals surface area contributed by atoms with Crippen LogP contribution in [0.1, 0.15) is 18.2 Å². The van der Waals surface area contributed by atoms with Crippen LogP contribution in [0.3, 0.4) is 0 Å². The predicted octanol–water partition coefficient (Wildman–Crippen LogP) is 2.89. The Kier molecular flexibility index (Phi) is 11.0. The third-order valence-electron chi connectivity index (χ3n) is 7.62. The first-order valence-electron chi connectivity index (χ1n) is 14.8. The minimum Gasteiger partial charge on any atom is -0.491 e. The molecule has 2 aromatic carbocycles. The Hall–Kier alpha value is -3.23. The highest BCUT2D eigenvalue weighted by Crippen LogP contribution is 2.34. The summed E-state index contributed by atoms with van der Waals surface area (Å²) in [4.78, 5) is 13.0. The molecule has 13 heteroatoms. The summed E-state index contributed by atoms with van der Waals surface area (Å²) in [6.07, 6.45) is 1.43. The van der Waals surface area contributed by atoms with E-state index >= 15 is 0 Å². The first-order chi connectivity index (χ1) is 21.7. The summed E-state index contributed by atoms with van der Waals surface area (Å²) in [5.74, 6) is 3.45. The molecule has 1 aliphatic heterocycles. The van der Waals surface area contributed by atoms with Gasteiger partial charge in [0.1, 0.15) is 12.4 Å². The molecule has 0 radical (unpaired) electrons. The molecule has 1 fully saturated rings. The van der Waals surface area contributed by atoms with E-state index in [1.54, 1.807) is 30.3 Å². The largest absolute Gasteiger partial charge is 0.491 e. The molecule has 4 N–H and O–H groups in total. The van der Waals surface area contributed by atoms with Crippen molar-refractivity contribution >= 4 is 56.0 Å². The normalized spacial score (nSPS) is 16.0. The molecule has 5 rings (SSSR count). The summed E-state index contributed by atoms with van der Waals surface area (Å²) in [6.45, 7) is 5.57. The van der Waals surface area contributed by atoms with Crippen LogP contribution in [0.25, 0.3) is 10.9 Å². The third-order valence-corrected chi connectivity index (χ3v) is 11.7. The number of pyridine rings is 1. The smallest absolute Gasteiger partial charge is 0.382 e. The van der Waals surface area contributed by atoms with E-state index in [-0.39, 0.29) is 28.9 Å². The second-order valence-corrected chi connectivity index (χ2v) is 15.8. The lowest BCUT2D eigenvalue weighted by atomic mass is 10.1. The van der Waals surface area contributed by atoms with E-state index in [0.717, 1.165) is 41.2 Å². The zero-order valence-electron chi connectivity index (χ0n) is 25.5. The van der Waals surface area contributed by atoms with Gasteiger partial charge in [0.2, 0.25) is 0 Å². The first kappa shape index (κ1) is 33.1. The van der Waals surface area contributed by atoms with Crippen molar-refractivity contribution in [3.8, 4) is 5.75 Å².